The minimum Gasteiger partial charge on any atom is -0.384 e. The van der Waals surface area contributed by atoms with Gasteiger partial charge in [0.05, 0.1) is 5.56 Å². The Bertz CT molecular complexity index is 390. The molecule has 1 aliphatic heterocycles. The van der Waals surface area contributed by atoms with E-state index in [4.69, 9.17) is 5.73 Å². The zero-order chi connectivity index (χ0) is 12.3. The predicted octanol–water partition coefficient (Wildman–Crippen LogP) is 0.488. The van der Waals surface area contributed by atoms with Crippen LogP contribution < -0.4 is 11.1 Å². The molecule has 0 spiro atoms. The molecule has 1 amide bonds. The van der Waals surface area contributed by atoms with E-state index in [9.17, 15) is 4.79 Å². The predicted molar refractivity (Wildman–Crippen MR) is 66.6 cm³/mol. The number of nitrogens with two attached hydrogens (primary N) is 1. The van der Waals surface area contributed by atoms with Crippen molar-refractivity contribution in [1.29, 1.82) is 0 Å². The molecular formula is C12H18N4O. The molecular weight excluding hydrogens is 216 g/mol. The van der Waals surface area contributed by atoms with Crippen LogP contribution in [0.4, 0.5) is 5.82 Å². The number of nitrogens with one attached hydrogen (secondary N) is 1. The standard InChI is InChI=1S/C12H18N4O/c1-2-16-6-5-10(8-16)15-12(17)9-3-4-11(13)14-7-9/h3-4,7,10H,2,5-6,8H2,1H3,(H2,13,14)(H,15,17). The van der Waals surface area contributed by atoms with Gasteiger partial charge in [-0.2, -0.15) is 0 Å². The average molecular weight is 234 g/mol. The highest BCUT2D eigenvalue weighted by Gasteiger charge is 2.22. The fourth-order valence-electron chi connectivity index (χ4n) is 2.05. The SMILES string of the molecule is CCN1CCC(NC(=O)c2ccc(N)nc2)C1. The second-order valence-corrected chi connectivity index (χ2v) is 4.32. The minimum atomic E-state index is -0.0690. The zero-order valence-corrected chi connectivity index (χ0v) is 10.0. The van der Waals surface area contributed by atoms with Gasteiger partial charge < -0.3 is 16.0 Å². The molecule has 2 rings (SSSR count). The van der Waals surface area contributed by atoms with Gasteiger partial charge in [-0.3, -0.25) is 4.79 Å². The van der Waals surface area contributed by atoms with Crippen LogP contribution in [0.2, 0.25) is 0 Å². The lowest BCUT2D eigenvalue weighted by atomic mass is 10.2. The summed E-state index contributed by atoms with van der Waals surface area (Å²) >= 11 is 0. The molecule has 0 aromatic carbocycles. The number of aromatic nitrogens is 1. The highest BCUT2D eigenvalue weighted by molar-refractivity contribution is 5.94. The number of nitrogens with zero attached hydrogens (tertiary/aromatic N) is 2. The van der Waals surface area contributed by atoms with Crippen molar-refractivity contribution in [2.75, 3.05) is 25.4 Å². The monoisotopic (exact) mass is 234 g/mol. The Labute approximate surface area is 101 Å². The fraction of sp³-hybridized carbons (Fsp3) is 0.500. The summed E-state index contributed by atoms with van der Waals surface area (Å²) in [7, 11) is 0. The Morgan fingerprint density at radius 1 is 1.65 bits per heavy atom. The van der Waals surface area contributed by atoms with Gasteiger partial charge in [0, 0.05) is 25.3 Å². The van der Waals surface area contributed by atoms with E-state index in [2.05, 4.69) is 22.1 Å². The summed E-state index contributed by atoms with van der Waals surface area (Å²) in [5.41, 5.74) is 6.04. The molecule has 1 unspecified atom stereocenters. The van der Waals surface area contributed by atoms with Gasteiger partial charge in [0.25, 0.3) is 5.91 Å². The maximum Gasteiger partial charge on any atom is 0.253 e. The zero-order valence-electron chi connectivity index (χ0n) is 10.0. The maximum atomic E-state index is 11.9. The topological polar surface area (TPSA) is 71.2 Å². The Morgan fingerprint density at radius 3 is 3.06 bits per heavy atom. The maximum absolute atomic E-state index is 11.9. The van der Waals surface area contributed by atoms with Crippen LogP contribution >= 0.6 is 0 Å². The molecule has 5 heteroatoms. The van der Waals surface area contributed by atoms with E-state index in [0.29, 0.717) is 11.4 Å². The molecule has 1 aromatic heterocycles. The van der Waals surface area contributed by atoms with Crippen molar-refractivity contribution in [3.05, 3.63) is 23.9 Å². The van der Waals surface area contributed by atoms with E-state index in [1.165, 1.54) is 6.20 Å². The van der Waals surface area contributed by atoms with E-state index >= 15 is 0 Å². The number of pyridine rings is 1. The van der Waals surface area contributed by atoms with Gasteiger partial charge in [-0.05, 0) is 25.1 Å². The van der Waals surface area contributed by atoms with E-state index in [1.807, 2.05) is 0 Å². The minimum absolute atomic E-state index is 0.0690. The summed E-state index contributed by atoms with van der Waals surface area (Å²) < 4.78 is 0. The quantitative estimate of drug-likeness (QED) is 0.798. The Kier molecular flexibility index (Phi) is 3.58. The lowest BCUT2D eigenvalue weighted by Gasteiger charge is -2.14. The van der Waals surface area contributed by atoms with Crippen LogP contribution in [0.3, 0.4) is 0 Å². The highest BCUT2D eigenvalue weighted by Crippen LogP contribution is 2.09. The van der Waals surface area contributed by atoms with Gasteiger partial charge >= 0.3 is 0 Å². The molecule has 1 aromatic rings. The van der Waals surface area contributed by atoms with Crippen molar-refractivity contribution in [2.45, 2.75) is 19.4 Å². The first-order valence-electron chi connectivity index (χ1n) is 5.93. The Balaban J connectivity index is 1.91. The summed E-state index contributed by atoms with van der Waals surface area (Å²) in [5.74, 6) is 0.361. The van der Waals surface area contributed by atoms with Gasteiger partial charge in [0.1, 0.15) is 5.82 Å². The van der Waals surface area contributed by atoms with Crippen LogP contribution in [0, 0.1) is 0 Å². The Morgan fingerprint density at radius 2 is 2.47 bits per heavy atom. The number of likely N-dealkylation sites (tertiary alicyclic amines) is 1. The van der Waals surface area contributed by atoms with Crippen molar-refractivity contribution in [1.82, 2.24) is 15.2 Å². The number of likely N-dealkylation sites (N-methyl/N-ethyl adjacent to an activating group) is 1. The molecule has 0 aliphatic carbocycles. The lowest BCUT2D eigenvalue weighted by molar-refractivity contribution is 0.0937. The molecule has 1 fully saturated rings. The number of hydrogen-bond acceptors (Lipinski definition) is 4. The van der Waals surface area contributed by atoms with Gasteiger partial charge in [-0.25, -0.2) is 4.98 Å². The number of nitrogen functional groups attached to an aromatic ring is 1. The number of amides is 1. The first kappa shape index (κ1) is 11.9. The normalized spacial score (nSPS) is 20.4. The van der Waals surface area contributed by atoms with E-state index in [-0.39, 0.29) is 11.9 Å². The van der Waals surface area contributed by atoms with Gasteiger partial charge in [0.2, 0.25) is 0 Å². The van der Waals surface area contributed by atoms with Gasteiger partial charge in [-0.15, -0.1) is 0 Å². The van der Waals surface area contributed by atoms with Gasteiger partial charge in [0.15, 0.2) is 0 Å². The molecule has 92 valence electrons. The van der Waals surface area contributed by atoms with E-state index in [0.717, 1.165) is 26.1 Å². The van der Waals surface area contributed by atoms with Crippen molar-refractivity contribution < 1.29 is 4.79 Å². The van der Waals surface area contributed by atoms with Crippen LogP contribution in [0.1, 0.15) is 23.7 Å². The number of carbonyl (C=O) groups excluding carboxylic acids is 1. The van der Waals surface area contributed by atoms with Crippen LogP contribution in [0.15, 0.2) is 18.3 Å². The first-order chi connectivity index (χ1) is 8.19. The molecule has 1 saturated heterocycles. The molecule has 1 atom stereocenters. The third kappa shape index (κ3) is 2.94. The summed E-state index contributed by atoms with van der Waals surface area (Å²) in [6, 6.07) is 3.59. The van der Waals surface area contributed by atoms with Crippen molar-refractivity contribution in [2.24, 2.45) is 0 Å². The van der Waals surface area contributed by atoms with E-state index < -0.39 is 0 Å². The van der Waals surface area contributed by atoms with Crippen LogP contribution in [-0.4, -0.2) is 41.5 Å². The number of anilines is 1. The van der Waals surface area contributed by atoms with E-state index in [1.54, 1.807) is 12.1 Å². The summed E-state index contributed by atoms with van der Waals surface area (Å²) in [4.78, 5) is 18.1. The number of rotatable bonds is 3. The van der Waals surface area contributed by atoms with Crippen molar-refractivity contribution in [3.8, 4) is 0 Å². The molecule has 5 nitrogen and oxygen atoms in total. The number of hydrogen-bond donors (Lipinski definition) is 2. The average Bonchev–Trinajstić information content (AvgIpc) is 2.77. The fourth-order valence-corrected chi connectivity index (χ4v) is 2.05. The van der Waals surface area contributed by atoms with Crippen molar-refractivity contribution in [3.63, 3.8) is 0 Å². The molecule has 1 aliphatic rings. The molecule has 3 N–H and O–H groups in total. The smallest absolute Gasteiger partial charge is 0.253 e. The third-order valence-electron chi connectivity index (χ3n) is 3.10. The van der Waals surface area contributed by atoms with Crippen molar-refractivity contribution >= 4 is 11.7 Å². The summed E-state index contributed by atoms with van der Waals surface area (Å²) in [6.45, 7) is 5.16. The Hall–Kier alpha value is -1.62. The molecule has 0 saturated carbocycles. The van der Waals surface area contributed by atoms with Crippen LogP contribution in [0.25, 0.3) is 0 Å². The lowest BCUT2D eigenvalue weighted by Crippen LogP contribution is -2.37. The van der Waals surface area contributed by atoms with Crippen LogP contribution in [-0.2, 0) is 0 Å². The molecule has 17 heavy (non-hydrogen) atoms. The third-order valence-corrected chi connectivity index (χ3v) is 3.10. The van der Waals surface area contributed by atoms with Gasteiger partial charge in [-0.1, -0.05) is 6.92 Å². The summed E-state index contributed by atoms with van der Waals surface area (Å²) in [6.07, 6.45) is 2.53. The molecule has 2 heterocycles. The first-order valence-corrected chi connectivity index (χ1v) is 5.93. The highest BCUT2D eigenvalue weighted by atomic mass is 16.1. The van der Waals surface area contributed by atoms with Crippen LogP contribution in [0.5, 0.6) is 0 Å². The number of carbonyl (C=O) groups is 1. The second-order valence-electron chi connectivity index (χ2n) is 4.32. The molecule has 0 radical (unpaired) electrons. The second kappa shape index (κ2) is 5.14. The summed E-state index contributed by atoms with van der Waals surface area (Å²) in [5, 5.41) is 3.02. The molecule has 0 bridgehead atoms. The largest absolute Gasteiger partial charge is 0.384 e.